The Morgan fingerprint density at radius 1 is 0.871 bits per heavy atom. The van der Waals surface area contributed by atoms with E-state index < -0.39 is 5.92 Å². The number of rotatable bonds is 8. The van der Waals surface area contributed by atoms with Gasteiger partial charge in [0, 0.05) is 18.9 Å². The Hall–Kier alpha value is -3.24. The number of ether oxygens (including phenoxy) is 1. The van der Waals surface area contributed by atoms with Gasteiger partial charge in [0.25, 0.3) is 0 Å². The third-order valence-corrected chi connectivity index (χ3v) is 6.57. The van der Waals surface area contributed by atoms with Crippen LogP contribution in [0.2, 0.25) is 0 Å². The van der Waals surface area contributed by atoms with E-state index in [9.17, 15) is 4.79 Å². The molecule has 0 bridgehead atoms. The maximum atomic E-state index is 13.0. The van der Waals surface area contributed by atoms with Crippen molar-refractivity contribution in [2.45, 2.75) is 25.8 Å². The van der Waals surface area contributed by atoms with E-state index in [2.05, 4.69) is 41.3 Å². The summed E-state index contributed by atoms with van der Waals surface area (Å²) in [6, 6.07) is 30.1. The number of hydrogen-bond acceptors (Lipinski definition) is 3. The lowest BCUT2D eigenvalue weighted by atomic mass is 9.91. The maximum Gasteiger partial charge on any atom is 0.317 e. The molecule has 3 nitrogen and oxygen atoms in total. The van der Waals surface area contributed by atoms with Gasteiger partial charge in [0.2, 0.25) is 5.51 Å². The number of benzene rings is 3. The second-order valence-corrected chi connectivity index (χ2v) is 8.46. The molecule has 3 aromatic carbocycles. The highest BCUT2D eigenvalue weighted by molar-refractivity contribution is 7.09. The van der Waals surface area contributed by atoms with Crippen molar-refractivity contribution in [3.05, 3.63) is 124 Å². The second-order valence-electron chi connectivity index (χ2n) is 7.52. The molecule has 0 saturated heterocycles. The molecule has 31 heavy (non-hydrogen) atoms. The molecule has 0 aliphatic rings. The molecule has 0 N–H and O–H groups in total. The number of aromatic nitrogens is 1. The Bertz CT molecular complexity index is 1070. The molecule has 4 heteroatoms. The van der Waals surface area contributed by atoms with Gasteiger partial charge in [0.05, 0.1) is 11.5 Å². The highest BCUT2D eigenvalue weighted by atomic mass is 32.1. The number of carbonyl (C=O) groups excluding carboxylic acids is 1. The lowest BCUT2D eigenvalue weighted by molar-refractivity contribution is -0.689. The summed E-state index contributed by atoms with van der Waals surface area (Å²) in [4.78, 5) is 14.3. The monoisotopic (exact) mass is 428 g/mol. The zero-order chi connectivity index (χ0) is 21.5. The minimum Gasteiger partial charge on any atom is -0.465 e. The summed E-state index contributed by atoms with van der Waals surface area (Å²) in [5.74, 6) is -0.612. The van der Waals surface area contributed by atoms with E-state index in [4.69, 9.17) is 4.74 Å². The first-order valence-corrected chi connectivity index (χ1v) is 11.4. The standard InChI is InChI=1S/C27H26NO2S/c1-21-25(31-20-28(21)19-22-11-5-2-6-12-22)17-18-30-27(29)26(23-13-7-3-8-14-23)24-15-9-4-10-16-24/h2-16,20,26H,17-19H2,1H3/q+1. The van der Waals surface area contributed by atoms with E-state index in [-0.39, 0.29) is 5.97 Å². The van der Waals surface area contributed by atoms with Gasteiger partial charge in [-0.1, -0.05) is 102 Å². The van der Waals surface area contributed by atoms with Crippen molar-refractivity contribution in [2.24, 2.45) is 0 Å². The van der Waals surface area contributed by atoms with Crippen LogP contribution in [0.4, 0.5) is 0 Å². The molecular weight excluding hydrogens is 402 g/mol. The maximum absolute atomic E-state index is 13.0. The lowest BCUT2D eigenvalue weighted by Gasteiger charge is -2.17. The molecule has 0 saturated carbocycles. The normalized spacial score (nSPS) is 10.9. The number of nitrogens with zero attached hydrogens (tertiary/aromatic N) is 1. The SMILES string of the molecule is Cc1c(CCOC(=O)C(c2ccccc2)c2ccccc2)sc[n+]1Cc1ccccc1. The first-order chi connectivity index (χ1) is 15.2. The van der Waals surface area contributed by atoms with E-state index in [1.54, 1.807) is 11.3 Å². The van der Waals surface area contributed by atoms with Crippen LogP contribution in [0.25, 0.3) is 0 Å². The van der Waals surface area contributed by atoms with Crippen molar-refractivity contribution in [3.63, 3.8) is 0 Å². The third-order valence-electron chi connectivity index (χ3n) is 5.43. The Morgan fingerprint density at radius 3 is 2.00 bits per heavy atom. The topological polar surface area (TPSA) is 30.2 Å². The van der Waals surface area contributed by atoms with Crippen LogP contribution in [0.1, 0.15) is 33.2 Å². The molecule has 0 radical (unpaired) electrons. The van der Waals surface area contributed by atoms with Gasteiger partial charge in [-0.15, -0.1) is 0 Å². The average Bonchev–Trinajstić information content (AvgIpc) is 3.15. The van der Waals surface area contributed by atoms with Gasteiger partial charge in [0.15, 0.2) is 12.2 Å². The quantitative estimate of drug-likeness (QED) is 0.281. The van der Waals surface area contributed by atoms with Crippen LogP contribution in [0, 0.1) is 6.92 Å². The zero-order valence-corrected chi connectivity index (χ0v) is 18.4. The van der Waals surface area contributed by atoms with E-state index in [0.717, 1.165) is 24.1 Å². The molecule has 1 heterocycles. The van der Waals surface area contributed by atoms with Crippen molar-refractivity contribution in [2.75, 3.05) is 6.61 Å². The number of thiazole rings is 1. The fourth-order valence-corrected chi connectivity index (χ4v) is 4.69. The molecule has 0 fully saturated rings. The van der Waals surface area contributed by atoms with Crippen LogP contribution >= 0.6 is 11.3 Å². The van der Waals surface area contributed by atoms with Crippen LogP contribution in [0.3, 0.4) is 0 Å². The molecule has 0 unspecified atom stereocenters. The number of hydrogen-bond donors (Lipinski definition) is 0. The predicted octanol–water partition coefficient (Wildman–Crippen LogP) is 5.31. The Kier molecular flexibility index (Phi) is 6.90. The molecule has 0 aliphatic carbocycles. The minimum absolute atomic E-state index is 0.205. The molecule has 1 aromatic heterocycles. The molecular formula is C27H26NO2S+. The van der Waals surface area contributed by atoms with Crippen molar-refractivity contribution < 1.29 is 14.1 Å². The summed E-state index contributed by atoms with van der Waals surface area (Å²) in [7, 11) is 0. The van der Waals surface area contributed by atoms with Crippen molar-refractivity contribution in [1.82, 2.24) is 0 Å². The van der Waals surface area contributed by atoms with Gasteiger partial charge in [-0.2, -0.15) is 4.57 Å². The van der Waals surface area contributed by atoms with Gasteiger partial charge in [-0.05, 0) is 11.1 Å². The fourth-order valence-electron chi connectivity index (χ4n) is 3.71. The van der Waals surface area contributed by atoms with Gasteiger partial charge in [-0.25, -0.2) is 0 Å². The summed E-state index contributed by atoms with van der Waals surface area (Å²) in [6.07, 6.45) is 0.723. The van der Waals surface area contributed by atoms with Gasteiger partial charge in [-0.3, -0.25) is 4.79 Å². The number of carbonyl (C=O) groups is 1. The first kappa shape index (κ1) is 21.0. The molecule has 0 spiro atoms. The van der Waals surface area contributed by atoms with Crippen molar-refractivity contribution in [3.8, 4) is 0 Å². The smallest absolute Gasteiger partial charge is 0.317 e. The van der Waals surface area contributed by atoms with Gasteiger partial charge < -0.3 is 4.74 Å². The predicted molar refractivity (Wildman–Crippen MR) is 124 cm³/mol. The molecule has 0 aliphatic heterocycles. The largest absolute Gasteiger partial charge is 0.465 e. The molecule has 4 rings (SSSR count). The molecule has 0 atom stereocenters. The zero-order valence-electron chi connectivity index (χ0n) is 17.6. The van der Waals surface area contributed by atoms with Crippen molar-refractivity contribution in [1.29, 1.82) is 0 Å². The molecule has 4 aromatic rings. The van der Waals surface area contributed by atoms with Crippen LogP contribution in [0.5, 0.6) is 0 Å². The van der Waals surface area contributed by atoms with Crippen LogP contribution in [-0.2, 0) is 22.5 Å². The van der Waals surface area contributed by atoms with E-state index >= 15 is 0 Å². The summed E-state index contributed by atoms with van der Waals surface area (Å²) in [6.45, 7) is 3.36. The van der Waals surface area contributed by atoms with E-state index in [0.29, 0.717) is 6.61 Å². The summed E-state index contributed by atoms with van der Waals surface area (Å²) in [5, 5.41) is 0. The van der Waals surface area contributed by atoms with Crippen LogP contribution in [-0.4, -0.2) is 12.6 Å². The van der Waals surface area contributed by atoms with Crippen LogP contribution in [0.15, 0.2) is 96.5 Å². The highest BCUT2D eigenvalue weighted by Crippen LogP contribution is 2.26. The summed E-state index contributed by atoms with van der Waals surface area (Å²) < 4.78 is 8.02. The van der Waals surface area contributed by atoms with E-state index in [1.807, 2.05) is 66.7 Å². The lowest BCUT2D eigenvalue weighted by Crippen LogP contribution is -2.35. The summed E-state index contributed by atoms with van der Waals surface area (Å²) >= 11 is 1.72. The van der Waals surface area contributed by atoms with Crippen molar-refractivity contribution >= 4 is 17.3 Å². The molecule has 156 valence electrons. The average molecular weight is 429 g/mol. The highest BCUT2D eigenvalue weighted by Gasteiger charge is 2.24. The Labute approximate surface area is 187 Å². The minimum atomic E-state index is -0.408. The third kappa shape index (κ3) is 5.28. The van der Waals surface area contributed by atoms with E-state index in [1.165, 1.54) is 16.1 Å². The van der Waals surface area contributed by atoms with Gasteiger partial charge >= 0.3 is 5.97 Å². The van der Waals surface area contributed by atoms with Crippen LogP contribution < -0.4 is 4.57 Å². The second kappa shape index (κ2) is 10.2. The summed E-state index contributed by atoms with van der Waals surface area (Å²) in [5.41, 5.74) is 6.56. The fraction of sp³-hybridized carbons (Fsp3) is 0.185. The Morgan fingerprint density at radius 2 is 1.42 bits per heavy atom. The first-order valence-electron chi connectivity index (χ1n) is 10.5. The number of esters is 1. The van der Waals surface area contributed by atoms with Gasteiger partial charge in [0.1, 0.15) is 5.92 Å². The molecule has 0 amide bonds. The Balaban J connectivity index is 1.41.